The first-order valence-electron chi connectivity index (χ1n) is 6.09. The van der Waals surface area contributed by atoms with Gasteiger partial charge in [-0.1, -0.05) is 0 Å². The number of carboxylic acid groups (broad SMARTS) is 1. The average molecular weight is 340 g/mol. The van der Waals surface area contributed by atoms with Crippen LogP contribution in [0.5, 0.6) is 0 Å². The van der Waals surface area contributed by atoms with Crippen molar-refractivity contribution < 1.29 is 27.1 Å². The highest BCUT2D eigenvalue weighted by Crippen LogP contribution is 2.28. The van der Waals surface area contributed by atoms with Gasteiger partial charge >= 0.3 is 5.97 Å². The van der Waals surface area contributed by atoms with Crippen molar-refractivity contribution in [2.45, 2.75) is 24.8 Å². The molecule has 10 heteroatoms. The van der Waals surface area contributed by atoms with E-state index in [0.29, 0.717) is 9.87 Å². The standard InChI is InChI=1S/C11H14F2N2O4S2/c12-11(13)2-3-15(7-11)21(18,19)14-9(10(16)17)5-8-1-4-20-6-8/h1,4,6,9,14H,2-3,5,7H2,(H,16,17). The number of nitrogens with zero attached hydrogens (tertiary/aromatic N) is 1. The second-order valence-corrected chi connectivity index (χ2v) is 7.27. The summed E-state index contributed by atoms with van der Waals surface area (Å²) in [4.78, 5) is 11.2. The highest BCUT2D eigenvalue weighted by molar-refractivity contribution is 7.87. The van der Waals surface area contributed by atoms with Gasteiger partial charge in [-0.3, -0.25) is 4.79 Å². The summed E-state index contributed by atoms with van der Waals surface area (Å²) in [7, 11) is -4.25. The van der Waals surface area contributed by atoms with E-state index in [2.05, 4.69) is 0 Å². The van der Waals surface area contributed by atoms with Crippen LogP contribution < -0.4 is 4.72 Å². The van der Waals surface area contributed by atoms with Crippen molar-refractivity contribution >= 4 is 27.5 Å². The number of carbonyl (C=O) groups is 1. The van der Waals surface area contributed by atoms with Crippen molar-refractivity contribution in [3.8, 4) is 0 Å². The van der Waals surface area contributed by atoms with E-state index in [1.54, 1.807) is 16.8 Å². The summed E-state index contributed by atoms with van der Waals surface area (Å²) in [6, 6.07) is 0.289. The minimum Gasteiger partial charge on any atom is -0.480 e. The average Bonchev–Trinajstić information content (AvgIpc) is 2.97. The topological polar surface area (TPSA) is 86.7 Å². The molecule has 0 spiro atoms. The molecule has 0 radical (unpaired) electrons. The van der Waals surface area contributed by atoms with Crippen molar-refractivity contribution in [1.82, 2.24) is 9.03 Å². The minimum atomic E-state index is -4.25. The molecule has 1 fully saturated rings. The molecule has 0 aromatic carbocycles. The smallest absolute Gasteiger partial charge is 0.322 e. The van der Waals surface area contributed by atoms with Crippen LogP contribution in [-0.4, -0.2) is 48.9 Å². The normalized spacial score (nSPS) is 20.5. The number of aliphatic carboxylic acids is 1. The van der Waals surface area contributed by atoms with Gasteiger partial charge in [0.05, 0.1) is 6.54 Å². The third-order valence-electron chi connectivity index (χ3n) is 3.08. The molecule has 118 valence electrons. The Kier molecular flexibility index (Phi) is 4.61. The number of hydrogen-bond donors (Lipinski definition) is 2. The first kappa shape index (κ1) is 16.3. The van der Waals surface area contributed by atoms with Gasteiger partial charge in [0, 0.05) is 19.4 Å². The van der Waals surface area contributed by atoms with Gasteiger partial charge in [-0.05, 0) is 22.4 Å². The van der Waals surface area contributed by atoms with Gasteiger partial charge in [0.25, 0.3) is 16.1 Å². The molecule has 1 atom stereocenters. The third-order valence-corrected chi connectivity index (χ3v) is 5.39. The highest BCUT2D eigenvalue weighted by atomic mass is 32.2. The van der Waals surface area contributed by atoms with Crippen LogP contribution in [0.2, 0.25) is 0 Å². The van der Waals surface area contributed by atoms with Crippen LogP contribution in [0.4, 0.5) is 8.78 Å². The van der Waals surface area contributed by atoms with Gasteiger partial charge < -0.3 is 5.11 Å². The summed E-state index contributed by atoms with van der Waals surface area (Å²) in [6.07, 6.45) is -0.599. The van der Waals surface area contributed by atoms with Crippen LogP contribution in [0.15, 0.2) is 16.8 Å². The van der Waals surface area contributed by atoms with Gasteiger partial charge in [0.1, 0.15) is 6.04 Å². The summed E-state index contributed by atoms with van der Waals surface area (Å²) >= 11 is 1.36. The number of carboxylic acids is 1. The Hall–Kier alpha value is -1.10. The summed E-state index contributed by atoms with van der Waals surface area (Å²) < 4.78 is 52.7. The molecule has 2 rings (SSSR count). The second kappa shape index (κ2) is 5.95. The zero-order valence-electron chi connectivity index (χ0n) is 10.8. The lowest BCUT2D eigenvalue weighted by Gasteiger charge is -2.20. The molecule has 0 aliphatic carbocycles. The molecule has 0 bridgehead atoms. The van der Waals surface area contributed by atoms with E-state index in [1.807, 2.05) is 4.72 Å². The fraction of sp³-hybridized carbons (Fsp3) is 0.545. The molecular weight excluding hydrogens is 326 g/mol. The van der Waals surface area contributed by atoms with Gasteiger partial charge in [-0.2, -0.15) is 28.8 Å². The van der Waals surface area contributed by atoms with Crippen LogP contribution in [-0.2, 0) is 21.4 Å². The Morgan fingerprint density at radius 3 is 2.76 bits per heavy atom. The Morgan fingerprint density at radius 2 is 2.29 bits per heavy atom. The van der Waals surface area contributed by atoms with E-state index in [1.165, 1.54) is 11.3 Å². The molecule has 0 amide bonds. The molecule has 6 nitrogen and oxygen atoms in total. The van der Waals surface area contributed by atoms with Gasteiger partial charge in [-0.15, -0.1) is 0 Å². The molecule has 1 aliphatic heterocycles. The second-order valence-electron chi connectivity index (χ2n) is 4.79. The number of rotatable bonds is 6. The van der Waals surface area contributed by atoms with E-state index in [-0.39, 0.29) is 13.0 Å². The lowest BCUT2D eigenvalue weighted by molar-refractivity contribution is -0.138. The highest BCUT2D eigenvalue weighted by Gasteiger charge is 2.44. The molecule has 2 N–H and O–H groups in total. The molecule has 2 heterocycles. The lowest BCUT2D eigenvalue weighted by Crippen LogP contribution is -2.49. The van der Waals surface area contributed by atoms with E-state index in [4.69, 9.17) is 5.11 Å². The van der Waals surface area contributed by atoms with Crippen molar-refractivity contribution in [2.75, 3.05) is 13.1 Å². The molecule has 1 aliphatic rings. The van der Waals surface area contributed by atoms with E-state index < -0.39 is 41.1 Å². The lowest BCUT2D eigenvalue weighted by atomic mass is 10.1. The molecule has 21 heavy (non-hydrogen) atoms. The van der Waals surface area contributed by atoms with Gasteiger partial charge in [0.15, 0.2) is 0 Å². The third kappa shape index (κ3) is 4.19. The molecule has 1 aromatic heterocycles. The number of halogens is 2. The SMILES string of the molecule is O=C(O)C(Cc1ccsc1)NS(=O)(=O)N1CCC(F)(F)C1. The maximum atomic E-state index is 13.1. The Balaban J connectivity index is 2.07. The summed E-state index contributed by atoms with van der Waals surface area (Å²) in [5.74, 6) is -4.42. The fourth-order valence-electron chi connectivity index (χ4n) is 1.99. The van der Waals surface area contributed by atoms with E-state index in [0.717, 1.165) is 0 Å². The summed E-state index contributed by atoms with van der Waals surface area (Å²) in [5.41, 5.74) is 0.668. The van der Waals surface area contributed by atoms with Crippen LogP contribution >= 0.6 is 11.3 Å². The zero-order valence-corrected chi connectivity index (χ0v) is 12.5. The predicted molar refractivity (Wildman–Crippen MR) is 72.6 cm³/mol. The Morgan fingerprint density at radius 1 is 1.57 bits per heavy atom. The van der Waals surface area contributed by atoms with Crippen LogP contribution in [0.3, 0.4) is 0 Å². The monoisotopic (exact) mass is 340 g/mol. The van der Waals surface area contributed by atoms with E-state index >= 15 is 0 Å². The first-order chi connectivity index (χ1) is 9.70. The largest absolute Gasteiger partial charge is 0.480 e. The predicted octanol–water partition coefficient (Wildman–Crippen LogP) is 0.919. The van der Waals surface area contributed by atoms with E-state index in [9.17, 15) is 22.0 Å². The molecular formula is C11H14F2N2O4S2. The van der Waals surface area contributed by atoms with Crippen molar-refractivity contribution in [3.63, 3.8) is 0 Å². The summed E-state index contributed by atoms with van der Waals surface area (Å²) in [5, 5.41) is 12.5. The van der Waals surface area contributed by atoms with Gasteiger partial charge in [-0.25, -0.2) is 8.78 Å². The maximum Gasteiger partial charge on any atom is 0.322 e. The number of hydrogen-bond acceptors (Lipinski definition) is 4. The first-order valence-corrected chi connectivity index (χ1v) is 8.47. The van der Waals surface area contributed by atoms with Crippen molar-refractivity contribution in [2.24, 2.45) is 0 Å². The number of alkyl halides is 2. The molecule has 1 saturated heterocycles. The Bertz CT molecular complexity index is 604. The molecule has 1 unspecified atom stereocenters. The van der Waals surface area contributed by atoms with Crippen molar-refractivity contribution in [3.05, 3.63) is 22.4 Å². The summed E-state index contributed by atoms with van der Waals surface area (Å²) in [6.45, 7) is -1.25. The van der Waals surface area contributed by atoms with Gasteiger partial charge in [0.2, 0.25) is 0 Å². The molecule has 1 aromatic rings. The zero-order chi connectivity index (χ0) is 15.7. The van der Waals surface area contributed by atoms with Crippen LogP contribution in [0, 0.1) is 0 Å². The molecule has 0 saturated carbocycles. The maximum absolute atomic E-state index is 13.1. The quantitative estimate of drug-likeness (QED) is 0.806. The van der Waals surface area contributed by atoms with Crippen molar-refractivity contribution in [1.29, 1.82) is 0 Å². The number of nitrogens with one attached hydrogen (secondary N) is 1. The Labute approximate surface area is 124 Å². The fourth-order valence-corrected chi connectivity index (χ4v) is 4.05. The van der Waals surface area contributed by atoms with Crippen LogP contribution in [0.1, 0.15) is 12.0 Å². The van der Waals surface area contributed by atoms with Crippen LogP contribution in [0.25, 0.3) is 0 Å². The minimum absolute atomic E-state index is 0.0394. The number of thiophene rings is 1.